The van der Waals surface area contributed by atoms with E-state index in [0.717, 1.165) is 16.3 Å². The fourth-order valence-electron chi connectivity index (χ4n) is 3.20. The topological polar surface area (TPSA) is 57.8 Å². The monoisotopic (exact) mass is 403 g/mol. The third kappa shape index (κ3) is 4.59. The Labute approximate surface area is 168 Å². The Bertz CT molecular complexity index is 1020. The van der Waals surface area contributed by atoms with Crippen molar-refractivity contribution in [2.45, 2.75) is 52.7 Å². The van der Waals surface area contributed by atoms with Crippen LogP contribution in [0.5, 0.6) is 0 Å². The van der Waals surface area contributed by atoms with E-state index in [1.165, 1.54) is 23.5 Å². The van der Waals surface area contributed by atoms with Crippen molar-refractivity contribution in [2.24, 2.45) is 0 Å². The van der Waals surface area contributed by atoms with Crippen molar-refractivity contribution in [3.05, 3.63) is 62.8 Å². The van der Waals surface area contributed by atoms with E-state index >= 15 is 0 Å². The highest BCUT2D eigenvalue weighted by Gasteiger charge is 2.18. The minimum Gasteiger partial charge on any atom is -0.390 e. The highest BCUT2D eigenvalue weighted by Crippen LogP contribution is 2.24. The first kappa shape index (κ1) is 20.5. The smallest absolute Gasteiger partial charge is 0.259 e. The van der Waals surface area contributed by atoms with Gasteiger partial charge in [-0.25, -0.2) is 9.37 Å². The SMILES string of the molecule is CCN(Cc1cc(=O)n2c(CCC(C)(C)O)c(C)sc2n1)c1ccc(F)cc1. The molecule has 5 nitrogen and oxygen atoms in total. The van der Waals surface area contributed by atoms with Crippen molar-refractivity contribution >= 4 is 22.0 Å². The maximum Gasteiger partial charge on any atom is 0.259 e. The molecule has 0 bridgehead atoms. The molecule has 0 aliphatic heterocycles. The van der Waals surface area contributed by atoms with Crippen molar-refractivity contribution in [1.82, 2.24) is 9.38 Å². The van der Waals surface area contributed by atoms with E-state index in [1.54, 1.807) is 36.4 Å². The Balaban J connectivity index is 1.91. The number of hydrogen-bond donors (Lipinski definition) is 1. The zero-order valence-corrected chi connectivity index (χ0v) is 17.5. The number of aliphatic hydroxyl groups is 1. The summed E-state index contributed by atoms with van der Waals surface area (Å²) >= 11 is 1.49. The van der Waals surface area contributed by atoms with E-state index in [1.807, 2.05) is 18.7 Å². The Kier molecular flexibility index (Phi) is 5.86. The lowest BCUT2D eigenvalue weighted by Crippen LogP contribution is -2.25. The molecule has 7 heteroatoms. The summed E-state index contributed by atoms with van der Waals surface area (Å²) < 4.78 is 14.9. The van der Waals surface area contributed by atoms with Gasteiger partial charge in [0.1, 0.15) is 5.82 Å². The number of aryl methyl sites for hydroxylation is 2. The van der Waals surface area contributed by atoms with Gasteiger partial charge in [0.15, 0.2) is 4.96 Å². The molecule has 0 atom stereocenters. The highest BCUT2D eigenvalue weighted by molar-refractivity contribution is 7.17. The fraction of sp³-hybridized carbons (Fsp3) is 0.429. The minimum atomic E-state index is -0.783. The molecular weight excluding hydrogens is 377 g/mol. The second-order valence-electron chi connectivity index (χ2n) is 7.61. The number of rotatable bonds is 7. The van der Waals surface area contributed by atoms with Gasteiger partial charge in [-0.1, -0.05) is 0 Å². The Morgan fingerprint density at radius 3 is 2.57 bits per heavy atom. The molecule has 0 aliphatic rings. The number of fused-ring (bicyclic) bond motifs is 1. The van der Waals surface area contributed by atoms with E-state index in [4.69, 9.17) is 4.98 Å². The summed E-state index contributed by atoms with van der Waals surface area (Å²) in [4.78, 5) is 21.3. The summed E-state index contributed by atoms with van der Waals surface area (Å²) in [5.41, 5.74) is 1.60. The maximum atomic E-state index is 13.2. The largest absolute Gasteiger partial charge is 0.390 e. The van der Waals surface area contributed by atoms with Crippen LogP contribution in [0.15, 0.2) is 35.1 Å². The van der Waals surface area contributed by atoms with Crippen LogP contribution in [-0.4, -0.2) is 26.6 Å². The first-order chi connectivity index (χ1) is 13.2. The van der Waals surface area contributed by atoms with Crippen molar-refractivity contribution < 1.29 is 9.50 Å². The van der Waals surface area contributed by atoms with Gasteiger partial charge in [-0.2, -0.15) is 0 Å². The molecule has 150 valence electrons. The van der Waals surface area contributed by atoms with Crippen LogP contribution >= 0.6 is 11.3 Å². The second-order valence-corrected chi connectivity index (χ2v) is 8.79. The first-order valence-corrected chi connectivity index (χ1v) is 10.2. The summed E-state index contributed by atoms with van der Waals surface area (Å²) in [5.74, 6) is -0.273. The van der Waals surface area contributed by atoms with Crippen LogP contribution in [0.4, 0.5) is 10.1 Å². The molecule has 1 aromatic carbocycles. The van der Waals surface area contributed by atoms with Crippen molar-refractivity contribution in [3.63, 3.8) is 0 Å². The number of hydrogen-bond acceptors (Lipinski definition) is 5. The minimum absolute atomic E-state index is 0.106. The molecule has 0 saturated carbocycles. The molecule has 0 fully saturated rings. The van der Waals surface area contributed by atoms with Gasteiger partial charge in [-0.3, -0.25) is 9.20 Å². The van der Waals surface area contributed by atoms with E-state index in [-0.39, 0.29) is 11.4 Å². The molecule has 28 heavy (non-hydrogen) atoms. The number of aromatic nitrogens is 2. The van der Waals surface area contributed by atoms with Crippen LogP contribution < -0.4 is 10.5 Å². The van der Waals surface area contributed by atoms with Gasteiger partial charge in [-0.15, -0.1) is 11.3 Å². The zero-order valence-electron chi connectivity index (χ0n) is 16.7. The second kappa shape index (κ2) is 8.01. The summed E-state index contributed by atoms with van der Waals surface area (Å²) in [6, 6.07) is 7.89. The number of anilines is 1. The Morgan fingerprint density at radius 2 is 1.96 bits per heavy atom. The number of thiazole rings is 1. The first-order valence-electron chi connectivity index (χ1n) is 9.42. The summed E-state index contributed by atoms with van der Waals surface area (Å²) in [6.07, 6.45) is 1.19. The highest BCUT2D eigenvalue weighted by atomic mass is 32.1. The third-order valence-corrected chi connectivity index (χ3v) is 5.76. The quantitative estimate of drug-likeness (QED) is 0.649. The molecule has 0 unspecified atom stereocenters. The summed E-state index contributed by atoms with van der Waals surface area (Å²) in [7, 11) is 0. The molecule has 0 amide bonds. The van der Waals surface area contributed by atoms with E-state index in [2.05, 4.69) is 0 Å². The van der Waals surface area contributed by atoms with Gasteiger partial charge in [0.25, 0.3) is 5.56 Å². The lowest BCUT2D eigenvalue weighted by atomic mass is 10.0. The standard InChI is InChI=1S/C21H26FN3O2S/c1-5-24(17-8-6-15(22)7-9-17)13-16-12-19(26)25-18(10-11-21(3,4)27)14(2)28-20(25)23-16/h6-9,12,27H,5,10-11,13H2,1-4H3. The zero-order chi connectivity index (χ0) is 20.5. The van der Waals surface area contributed by atoms with Crippen LogP contribution in [0.2, 0.25) is 0 Å². The Morgan fingerprint density at radius 1 is 1.29 bits per heavy atom. The van der Waals surface area contributed by atoms with E-state index < -0.39 is 5.60 Å². The van der Waals surface area contributed by atoms with Crippen LogP contribution in [0, 0.1) is 12.7 Å². The summed E-state index contributed by atoms with van der Waals surface area (Å²) in [6.45, 7) is 8.72. The number of benzene rings is 1. The van der Waals surface area contributed by atoms with Gasteiger partial charge in [0, 0.05) is 28.9 Å². The van der Waals surface area contributed by atoms with Crippen molar-refractivity contribution in [3.8, 4) is 0 Å². The van der Waals surface area contributed by atoms with Crippen LogP contribution in [0.3, 0.4) is 0 Å². The predicted molar refractivity (Wildman–Crippen MR) is 112 cm³/mol. The van der Waals surface area contributed by atoms with Crippen LogP contribution in [0.1, 0.15) is 43.5 Å². The molecule has 3 aromatic rings. The molecule has 0 radical (unpaired) electrons. The van der Waals surface area contributed by atoms with Gasteiger partial charge in [0.05, 0.1) is 17.8 Å². The van der Waals surface area contributed by atoms with Gasteiger partial charge >= 0.3 is 0 Å². The van der Waals surface area contributed by atoms with Crippen LogP contribution in [0.25, 0.3) is 4.96 Å². The molecule has 2 aromatic heterocycles. The molecular formula is C21H26FN3O2S. The third-order valence-electron chi connectivity index (χ3n) is 4.76. The molecule has 3 rings (SSSR count). The van der Waals surface area contributed by atoms with Crippen molar-refractivity contribution in [2.75, 3.05) is 11.4 Å². The van der Waals surface area contributed by atoms with Gasteiger partial charge in [0.2, 0.25) is 0 Å². The number of nitrogens with zero attached hydrogens (tertiary/aromatic N) is 3. The van der Waals surface area contributed by atoms with Crippen LogP contribution in [-0.2, 0) is 13.0 Å². The molecule has 0 saturated heterocycles. The average molecular weight is 404 g/mol. The molecule has 2 heterocycles. The predicted octanol–water partition coefficient (Wildman–Crippen LogP) is 3.93. The Hall–Kier alpha value is -2.25. The molecule has 0 spiro atoms. The fourth-order valence-corrected chi connectivity index (χ4v) is 4.24. The van der Waals surface area contributed by atoms with Gasteiger partial charge in [-0.05, 0) is 64.8 Å². The normalized spacial score (nSPS) is 11.9. The van der Waals surface area contributed by atoms with Crippen molar-refractivity contribution in [1.29, 1.82) is 0 Å². The maximum absolute atomic E-state index is 13.2. The average Bonchev–Trinajstić information content (AvgIpc) is 2.94. The van der Waals surface area contributed by atoms with Gasteiger partial charge < -0.3 is 10.0 Å². The molecule has 1 N–H and O–H groups in total. The van der Waals surface area contributed by atoms with E-state index in [9.17, 15) is 14.3 Å². The summed E-state index contributed by atoms with van der Waals surface area (Å²) in [5, 5.41) is 10.0. The molecule has 0 aliphatic carbocycles. The lowest BCUT2D eigenvalue weighted by molar-refractivity contribution is 0.0710. The number of halogens is 1. The van der Waals surface area contributed by atoms with E-state index in [0.29, 0.717) is 36.6 Å². The lowest BCUT2D eigenvalue weighted by Gasteiger charge is -2.22.